The van der Waals surface area contributed by atoms with Crippen molar-refractivity contribution in [3.8, 4) is 28.4 Å². The van der Waals surface area contributed by atoms with Crippen LogP contribution < -0.4 is 14.2 Å². The summed E-state index contributed by atoms with van der Waals surface area (Å²) in [6, 6.07) is 9.03. The Morgan fingerprint density at radius 2 is 1.80 bits per heavy atom. The van der Waals surface area contributed by atoms with Crippen molar-refractivity contribution in [2.75, 3.05) is 20.8 Å². The lowest BCUT2D eigenvalue weighted by atomic mass is 9.99. The Morgan fingerprint density at radius 1 is 1.03 bits per heavy atom. The average Bonchev–Trinajstić information content (AvgIpc) is 3.40. The van der Waals surface area contributed by atoms with Crippen molar-refractivity contribution in [2.45, 2.75) is 38.4 Å². The molecule has 7 nitrogen and oxygen atoms in total. The molecule has 4 rings (SSSR count). The van der Waals surface area contributed by atoms with Crippen LogP contribution in [0.2, 0.25) is 0 Å². The quantitative estimate of drug-likeness (QED) is 0.638. The lowest BCUT2D eigenvalue weighted by Gasteiger charge is -2.18. The van der Waals surface area contributed by atoms with Crippen molar-refractivity contribution in [3.63, 3.8) is 0 Å². The molecule has 30 heavy (non-hydrogen) atoms. The molecule has 0 spiro atoms. The fourth-order valence-electron chi connectivity index (χ4n) is 3.93. The molecule has 0 unspecified atom stereocenters. The predicted octanol–water partition coefficient (Wildman–Crippen LogP) is 3.91. The Morgan fingerprint density at radius 3 is 2.53 bits per heavy atom. The zero-order chi connectivity index (χ0) is 21.1. The van der Waals surface area contributed by atoms with Crippen LogP contribution in [0.1, 0.15) is 41.6 Å². The van der Waals surface area contributed by atoms with Gasteiger partial charge >= 0.3 is 11.9 Å². The smallest absolute Gasteiger partial charge is 0.344 e. The highest BCUT2D eigenvalue weighted by Crippen LogP contribution is 2.45. The number of benzene rings is 2. The number of hydrogen-bond donors (Lipinski definition) is 0. The summed E-state index contributed by atoms with van der Waals surface area (Å²) < 4.78 is 27.4. The van der Waals surface area contributed by atoms with E-state index in [0.29, 0.717) is 28.4 Å². The van der Waals surface area contributed by atoms with Gasteiger partial charge in [-0.15, -0.1) is 0 Å². The van der Waals surface area contributed by atoms with Gasteiger partial charge in [0.05, 0.1) is 19.8 Å². The SMILES string of the molecule is COc1ccc(-c2ccc3c(c2)COC3=O)c(OCC(=O)OC2CCCC2)c1OC. The molecule has 2 aromatic carbocycles. The van der Waals surface area contributed by atoms with Gasteiger partial charge in [0.15, 0.2) is 18.1 Å². The average molecular weight is 412 g/mol. The van der Waals surface area contributed by atoms with Gasteiger partial charge in [-0.05, 0) is 55.5 Å². The minimum atomic E-state index is -0.411. The van der Waals surface area contributed by atoms with E-state index in [1.165, 1.54) is 14.2 Å². The third-order valence-corrected chi connectivity index (χ3v) is 5.43. The first-order valence-electron chi connectivity index (χ1n) is 9.98. The lowest BCUT2D eigenvalue weighted by molar-refractivity contribution is -0.151. The Bertz CT molecular complexity index is 960. The molecule has 158 valence electrons. The van der Waals surface area contributed by atoms with Crippen molar-refractivity contribution in [2.24, 2.45) is 0 Å². The molecule has 0 saturated heterocycles. The topological polar surface area (TPSA) is 80.3 Å². The summed E-state index contributed by atoms with van der Waals surface area (Å²) in [5.41, 5.74) is 2.89. The Hall–Kier alpha value is -3.22. The number of cyclic esters (lactones) is 1. The minimum Gasteiger partial charge on any atom is -0.493 e. The first kappa shape index (κ1) is 20.1. The van der Waals surface area contributed by atoms with Crippen LogP contribution in [0.4, 0.5) is 0 Å². The van der Waals surface area contributed by atoms with Gasteiger partial charge in [-0.25, -0.2) is 9.59 Å². The molecule has 1 heterocycles. The Balaban J connectivity index is 1.63. The zero-order valence-electron chi connectivity index (χ0n) is 17.1. The number of carbonyl (C=O) groups excluding carboxylic acids is 2. The van der Waals surface area contributed by atoms with E-state index in [9.17, 15) is 9.59 Å². The third-order valence-electron chi connectivity index (χ3n) is 5.43. The molecular weight excluding hydrogens is 388 g/mol. The monoisotopic (exact) mass is 412 g/mol. The van der Waals surface area contributed by atoms with E-state index < -0.39 is 5.97 Å². The van der Waals surface area contributed by atoms with Gasteiger partial charge in [0.2, 0.25) is 5.75 Å². The molecule has 0 N–H and O–H groups in total. The molecule has 0 amide bonds. The number of rotatable bonds is 7. The molecule has 1 saturated carbocycles. The van der Waals surface area contributed by atoms with Gasteiger partial charge in [0.25, 0.3) is 0 Å². The first-order chi connectivity index (χ1) is 14.6. The largest absolute Gasteiger partial charge is 0.493 e. The molecule has 2 aliphatic rings. The summed E-state index contributed by atoms with van der Waals surface area (Å²) >= 11 is 0. The summed E-state index contributed by atoms with van der Waals surface area (Å²) in [6.45, 7) is -0.00122. The summed E-state index contributed by atoms with van der Waals surface area (Å²) in [7, 11) is 3.05. The van der Waals surface area contributed by atoms with E-state index in [2.05, 4.69) is 0 Å². The van der Waals surface area contributed by atoms with Gasteiger partial charge in [-0.1, -0.05) is 6.07 Å². The van der Waals surface area contributed by atoms with Crippen molar-refractivity contribution >= 4 is 11.9 Å². The second-order valence-corrected chi connectivity index (χ2v) is 7.31. The van der Waals surface area contributed by atoms with E-state index in [-0.39, 0.29) is 25.3 Å². The number of fused-ring (bicyclic) bond motifs is 1. The Kier molecular flexibility index (Phi) is 5.79. The zero-order valence-corrected chi connectivity index (χ0v) is 17.1. The maximum absolute atomic E-state index is 12.3. The maximum Gasteiger partial charge on any atom is 0.344 e. The second-order valence-electron chi connectivity index (χ2n) is 7.31. The van der Waals surface area contributed by atoms with Gasteiger partial charge in [0, 0.05) is 11.1 Å². The van der Waals surface area contributed by atoms with Gasteiger partial charge < -0.3 is 23.7 Å². The van der Waals surface area contributed by atoms with Gasteiger partial charge in [-0.3, -0.25) is 0 Å². The van der Waals surface area contributed by atoms with E-state index in [4.69, 9.17) is 23.7 Å². The first-order valence-corrected chi connectivity index (χ1v) is 9.98. The van der Waals surface area contributed by atoms with E-state index in [0.717, 1.165) is 36.8 Å². The van der Waals surface area contributed by atoms with Crippen molar-refractivity contribution in [3.05, 3.63) is 41.5 Å². The molecule has 2 aromatic rings. The third kappa shape index (κ3) is 3.92. The van der Waals surface area contributed by atoms with Crippen LogP contribution in [-0.4, -0.2) is 38.9 Å². The molecular formula is C23H24O7. The van der Waals surface area contributed by atoms with Crippen LogP contribution in [0, 0.1) is 0 Å². The van der Waals surface area contributed by atoms with E-state index >= 15 is 0 Å². The number of ether oxygens (including phenoxy) is 5. The van der Waals surface area contributed by atoms with Crippen molar-refractivity contribution in [1.29, 1.82) is 0 Å². The van der Waals surface area contributed by atoms with Crippen molar-refractivity contribution in [1.82, 2.24) is 0 Å². The number of carbonyl (C=O) groups is 2. The number of methoxy groups -OCH3 is 2. The molecule has 1 aliphatic carbocycles. The summed E-state index contributed by atoms with van der Waals surface area (Å²) in [4.78, 5) is 24.0. The predicted molar refractivity (Wildman–Crippen MR) is 108 cm³/mol. The highest BCUT2D eigenvalue weighted by atomic mass is 16.6. The maximum atomic E-state index is 12.3. The summed E-state index contributed by atoms with van der Waals surface area (Å²) in [5, 5.41) is 0. The minimum absolute atomic E-state index is 0.0259. The highest BCUT2D eigenvalue weighted by molar-refractivity contribution is 5.94. The standard InChI is InChI=1S/C23H24O7/c1-26-19-10-9-17(14-7-8-18-15(11-14)12-29-23(18)25)21(22(19)27-2)28-13-20(24)30-16-5-3-4-6-16/h7-11,16H,3-6,12-13H2,1-2H3. The molecule has 1 aliphatic heterocycles. The second kappa shape index (κ2) is 8.65. The normalized spacial score (nSPS) is 15.5. The Labute approximate surface area is 174 Å². The highest BCUT2D eigenvalue weighted by Gasteiger charge is 2.25. The van der Waals surface area contributed by atoms with Crippen LogP contribution in [0.15, 0.2) is 30.3 Å². The number of esters is 2. The fraction of sp³-hybridized carbons (Fsp3) is 0.391. The molecule has 1 fully saturated rings. The van der Waals surface area contributed by atoms with Crippen LogP contribution in [0.5, 0.6) is 17.2 Å². The van der Waals surface area contributed by atoms with Crippen LogP contribution in [0.25, 0.3) is 11.1 Å². The fourth-order valence-corrected chi connectivity index (χ4v) is 3.93. The van der Waals surface area contributed by atoms with Gasteiger partial charge in [0.1, 0.15) is 12.7 Å². The van der Waals surface area contributed by atoms with E-state index in [1.54, 1.807) is 12.1 Å². The summed E-state index contributed by atoms with van der Waals surface area (Å²) in [5.74, 6) is 0.516. The summed E-state index contributed by atoms with van der Waals surface area (Å²) in [6.07, 6.45) is 3.93. The molecule has 0 bridgehead atoms. The van der Waals surface area contributed by atoms with Crippen LogP contribution in [-0.2, 0) is 20.9 Å². The van der Waals surface area contributed by atoms with E-state index in [1.807, 2.05) is 18.2 Å². The molecule has 0 aromatic heterocycles. The molecule has 0 atom stereocenters. The molecule has 7 heteroatoms. The molecule has 0 radical (unpaired) electrons. The van der Waals surface area contributed by atoms with Crippen LogP contribution in [0.3, 0.4) is 0 Å². The lowest BCUT2D eigenvalue weighted by Crippen LogP contribution is -2.21. The van der Waals surface area contributed by atoms with Crippen molar-refractivity contribution < 1.29 is 33.3 Å². The van der Waals surface area contributed by atoms with Crippen LogP contribution >= 0.6 is 0 Å². The number of hydrogen-bond acceptors (Lipinski definition) is 7. The van der Waals surface area contributed by atoms with Gasteiger partial charge in [-0.2, -0.15) is 0 Å².